The molecule has 2 aliphatic carbocycles. The summed E-state index contributed by atoms with van der Waals surface area (Å²) < 4.78 is 0. The molecule has 4 heteroatoms. The van der Waals surface area contributed by atoms with Crippen molar-refractivity contribution in [1.29, 1.82) is 0 Å². The number of Topliss-reactive ketones (excluding diaryl/α,β-unsaturated/α-hetero) is 1. The van der Waals surface area contributed by atoms with Crippen molar-refractivity contribution in [3.8, 4) is 0 Å². The van der Waals surface area contributed by atoms with Crippen molar-refractivity contribution >= 4 is 11.8 Å². The first-order valence-corrected chi connectivity index (χ1v) is 6.86. The summed E-state index contributed by atoms with van der Waals surface area (Å²) in [5.41, 5.74) is -0.816. The molecule has 2 fully saturated rings. The topological polar surface area (TPSA) is 74.6 Å². The molecule has 4 atom stereocenters. The third-order valence-electron chi connectivity index (χ3n) is 5.62. The molecule has 2 aliphatic rings. The predicted octanol–water partition coefficient (Wildman–Crippen LogP) is 2.16. The van der Waals surface area contributed by atoms with Crippen molar-refractivity contribution in [2.75, 3.05) is 0 Å². The Morgan fingerprint density at radius 2 is 1.84 bits per heavy atom. The van der Waals surface area contributed by atoms with Crippen LogP contribution in [0.4, 0.5) is 0 Å². The van der Waals surface area contributed by atoms with Gasteiger partial charge in [-0.2, -0.15) is 0 Å². The average molecular weight is 266 g/mol. The molecule has 0 aromatic heterocycles. The Hall–Kier alpha value is -1.16. The van der Waals surface area contributed by atoms with Gasteiger partial charge in [0.2, 0.25) is 0 Å². The van der Waals surface area contributed by atoms with Crippen LogP contribution in [0.25, 0.3) is 0 Å². The van der Waals surface area contributed by atoms with Gasteiger partial charge in [0.25, 0.3) is 0 Å². The minimum absolute atomic E-state index is 0.0112. The first-order chi connectivity index (χ1) is 8.74. The standard InChI is InChI=1S/C15H22O4/c1-9(13(18)19)11-4-6-14(3)7-5-12(17)15(14,8-11)10(2)16/h11-12,17H,1,4-8H2,2-3H3,(H,18,19)/t11-,12-,14+,15-/m0/s1. The van der Waals surface area contributed by atoms with Crippen LogP contribution in [-0.4, -0.2) is 28.1 Å². The van der Waals surface area contributed by atoms with Crippen molar-refractivity contribution in [2.45, 2.75) is 52.1 Å². The van der Waals surface area contributed by atoms with Gasteiger partial charge in [0.1, 0.15) is 5.78 Å². The van der Waals surface area contributed by atoms with Crippen molar-refractivity contribution < 1.29 is 19.8 Å². The minimum Gasteiger partial charge on any atom is -0.478 e. The summed E-state index contributed by atoms with van der Waals surface area (Å²) in [6, 6.07) is 0. The SMILES string of the molecule is C=C(C(=O)O)[C@H]1CC[C@]2(C)CC[C@H](O)[C@@]2(C(C)=O)C1. The molecule has 0 amide bonds. The molecule has 0 radical (unpaired) electrons. The predicted molar refractivity (Wildman–Crippen MR) is 70.6 cm³/mol. The highest BCUT2D eigenvalue weighted by atomic mass is 16.4. The van der Waals surface area contributed by atoms with Crippen molar-refractivity contribution in [3.63, 3.8) is 0 Å². The monoisotopic (exact) mass is 266 g/mol. The summed E-state index contributed by atoms with van der Waals surface area (Å²) in [4.78, 5) is 23.3. The number of ketones is 1. The second-order valence-electron chi connectivity index (χ2n) is 6.41. The third-order valence-corrected chi connectivity index (χ3v) is 5.62. The maximum Gasteiger partial charge on any atom is 0.331 e. The lowest BCUT2D eigenvalue weighted by Crippen LogP contribution is -2.52. The lowest BCUT2D eigenvalue weighted by atomic mass is 9.53. The number of carbonyl (C=O) groups excluding carboxylic acids is 1. The Bertz CT molecular complexity index is 441. The van der Waals surface area contributed by atoms with E-state index in [0.717, 1.165) is 19.3 Å². The zero-order chi connectivity index (χ0) is 14.4. The van der Waals surface area contributed by atoms with E-state index in [1.54, 1.807) is 0 Å². The van der Waals surface area contributed by atoms with Crippen molar-refractivity contribution in [3.05, 3.63) is 12.2 Å². The van der Waals surface area contributed by atoms with E-state index in [1.165, 1.54) is 6.92 Å². The van der Waals surface area contributed by atoms with Crippen molar-refractivity contribution in [2.24, 2.45) is 16.7 Å². The summed E-state index contributed by atoms with van der Waals surface area (Å²) in [6.45, 7) is 7.22. The molecule has 0 aromatic rings. The number of aliphatic hydroxyl groups is 1. The second kappa shape index (κ2) is 4.44. The van der Waals surface area contributed by atoms with Crippen LogP contribution < -0.4 is 0 Å². The molecular formula is C15H22O4. The Balaban J connectivity index is 2.37. The fourth-order valence-corrected chi connectivity index (χ4v) is 4.32. The third kappa shape index (κ3) is 1.84. The van der Waals surface area contributed by atoms with E-state index in [2.05, 4.69) is 13.5 Å². The zero-order valence-corrected chi connectivity index (χ0v) is 11.6. The first kappa shape index (κ1) is 14.3. The fraction of sp³-hybridized carbons (Fsp3) is 0.733. The molecule has 0 heterocycles. The molecule has 0 aromatic carbocycles. The molecule has 2 saturated carbocycles. The minimum atomic E-state index is -1.00. The molecule has 19 heavy (non-hydrogen) atoms. The van der Waals surface area contributed by atoms with Crippen LogP contribution in [0, 0.1) is 16.7 Å². The number of carbonyl (C=O) groups is 2. The van der Waals surface area contributed by atoms with Crippen LogP contribution in [0.3, 0.4) is 0 Å². The normalized spacial score (nSPS) is 41.6. The van der Waals surface area contributed by atoms with Gasteiger partial charge in [-0.15, -0.1) is 0 Å². The van der Waals surface area contributed by atoms with E-state index in [1.807, 2.05) is 0 Å². The molecular weight excluding hydrogens is 244 g/mol. The number of aliphatic carboxylic acids is 1. The molecule has 2 rings (SSSR count). The summed E-state index contributed by atoms with van der Waals surface area (Å²) in [5.74, 6) is -1.22. The van der Waals surface area contributed by atoms with E-state index in [-0.39, 0.29) is 22.7 Å². The second-order valence-corrected chi connectivity index (χ2v) is 6.41. The van der Waals surface area contributed by atoms with Gasteiger partial charge >= 0.3 is 5.97 Å². The summed E-state index contributed by atoms with van der Waals surface area (Å²) in [6.07, 6.45) is 2.75. The average Bonchev–Trinajstić information content (AvgIpc) is 2.61. The van der Waals surface area contributed by atoms with Gasteiger partial charge in [-0.3, -0.25) is 4.79 Å². The maximum atomic E-state index is 12.2. The van der Waals surface area contributed by atoms with Crippen LogP contribution in [0.5, 0.6) is 0 Å². The van der Waals surface area contributed by atoms with Gasteiger partial charge in [0.05, 0.1) is 11.5 Å². The molecule has 0 saturated heterocycles. The molecule has 0 bridgehead atoms. The Morgan fingerprint density at radius 1 is 1.26 bits per heavy atom. The molecule has 0 unspecified atom stereocenters. The van der Waals surface area contributed by atoms with Crippen molar-refractivity contribution in [1.82, 2.24) is 0 Å². The van der Waals surface area contributed by atoms with Gasteiger partial charge in [-0.05, 0) is 50.4 Å². The lowest BCUT2D eigenvalue weighted by Gasteiger charge is -2.50. The molecule has 0 spiro atoms. The highest BCUT2D eigenvalue weighted by Gasteiger charge is 2.62. The van der Waals surface area contributed by atoms with Gasteiger partial charge in [0, 0.05) is 5.57 Å². The Labute approximate surface area is 113 Å². The largest absolute Gasteiger partial charge is 0.478 e. The molecule has 106 valence electrons. The van der Waals surface area contributed by atoms with E-state index >= 15 is 0 Å². The zero-order valence-electron chi connectivity index (χ0n) is 11.6. The van der Waals surface area contributed by atoms with Gasteiger partial charge in [-0.25, -0.2) is 4.79 Å². The van der Waals surface area contributed by atoms with Gasteiger partial charge < -0.3 is 10.2 Å². The Morgan fingerprint density at radius 3 is 2.37 bits per heavy atom. The van der Waals surface area contributed by atoms with Gasteiger partial charge in [0.15, 0.2) is 0 Å². The number of aliphatic hydroxyl groups excluding tert-OH is 1. The number of hydrogen-bond acceptors (Lipinski definition) is 3. The number of carboxylic acids is 1. The smallest absolute Gasteiger partial charge is 0.331 e. The Kier molecular flexibility index (Phi) is 3.33. The van der Waals surface area contributed by atoms with E-state index in [4.69, 9.17) is 5.11 Å². The van der Waals surface area contributed by atoms with Crippen LogP contribution in [0.15, 0.2) is 12.2 Å². The van der Waals surface area contributed by atoms with Crippen LogP contribution in [0.2, 0.25) is 0 Å². The number of carboxylic acid groups (broad SMARTS) is 1. The molecule has 2 N–H and O–H groups in total. The molecule has 0 aliphatic heterocycles. The fourth-order valence-electron chi connectivity index (χ4n) is 4.32. The summed E-state index contributed by atoms with van der Waals surface area (Å²) >= 11 is 0. The van der Waals surface area contributed by atoms with Crippen LogP contribution >= 0.6 is 0 Å². The maximum absolute atomic E-state index is 12.2. The first-order valence-electron chi connectivity index (χ1n) is 6.86. The highest BCUT2D eigenvalue weighted by molar-refractivity contribution is 5.88. The lowest BCUT2D eigenvalue weighted by molar-refractivity contribution is -0.148. The summed E-state index contributed by atoms with van der Waals surface area (Å²) in [5, 5.41) is 19.4. The van der Waals surface area contributed by atoms with Crippen LogP contribution in [-0.2, 0) is 9.59 Å². The van der Waals surface area contributed by atoms with E-state index < -0.39 is 17.5 Å². The highest BCUT2D eigenvalue weighted by Crippen LogP contribution is 2.63. The quantitative estimate of drug-likeness (QED) is 0.768. The van der Waals surface area contributed by atoms with Crippen LogP contribution in [0.1, 0.15) is 46.0 Å². The number of fused-ring (bicyclic) bond motifs is 1. The van der Waals surface area contributed by atoms with Gasteiger partial charge in [-0.1, -0.05) is 13.5 Å². The van der Waals surface area contributed by atoms with E-state index in [0.29, 0.717) is 12.8 Å². The molecule has 4 nitrogen and oxygen atoms in total. The summed E-state index contributed by atoms with van der Waals surface area (Å²) in [7, 11) is 0. The number of rotatable bonds is 3. The van der Waals surface area contributed by atoms with E-state index in [9.17, 15) is 14.7 Å². The number of hydrogen-bond donors (Lipinski definition) is 2.